The van der Waals surface area contributed by atoms with Crippen molar-refractivity contribution in [2.75, 3.05) is 0 Å². The summed E-state index contributed by atoms with van der Waals surface area (Å²) >= 11 is 0. The van der Waals surface area contributed by atoms with Crippen LogP contribution in [0.15, 0.2) is 0 Å². The Morgan fingerprint density at radius 2 is 1.75 bits per heavy atom. The Hall–Kier alpha value is -0.153. The van der Waals surface area contributed by atoms with E-state index >= 15 is 0 Å². The van der Waals surface area contributed by atoms with Crippen molar-refractivity contribution in [3.05, 3.63) is 0 Å². The summed E-state index contributed by atoms with van der Waals surface area (Å²) in [6, 6.07) is 0. The molecular weight excluding hydrogens is 216 g/mol. The quantitative estimate of drug-likeness (QED) is 0.660. The Morgan fingerprint density at radius 1 is 1.25 bits per heavy atom. The van der Waals surface area contributed by atoms with Crippen LogP contribution in [0.4, 0.5) is 0 Å². The molecule has 1 atom stereocenters. The molecule has 0 saturated heterocycles. The monoisotopic (exact) mass is 244 g/mol. The molecule has 16 heavy (non-hydrogen) atoms. The van der Waals surface area contributed by atoms with Gasteiger partial charge in [0.25, 0.3) is 0 Å². The van der Waals surface area contributed by atoms with Gasteiger partial charge in [-0.25, -0.2) is 0 Å². The standard InChI is InChI=1S/C13H28O2Si/c1-8-9-11(14)10-12(13(2,3)4)15-16(5,6)7/h12H,8-10H2,1-7H3. The van der Waals surface area contributed by atoms with Crippen molar-refractivity contribution in [3.63, 3.8) is 0 Å². The zero-order valence-electron chi connectivity index (χ0n) is 12.0. The predicted molar refractivity (Wildman–Crippen MR) is 72.2 cm³/mol. The van der Waals surface area contributed by atoms with Gasteiger partial charge in [0.1, 0.15) is 5.78 Å². The van der Waals surface area contributed by atoms with Crippen molar-refractivity contribution in [2.24, 2.45) is 5.41 Å². The van der Waals surface area contributed by atoms with E-state index < -0.39 is 8.32 Å². The van der Waals surface area contributed by atoms with E-state index in [1.807, 2.05) is 6.92 Å². The Bertz CT molecular complexity index is 223. The van der Waals surface area contributed by atoms with Gasteiger partial charge in [-0.3, -0.25) is 4.79 Å². The fraction of sp³-hybridized carbons (Fsp3) is 0.923. The average molecular weight is 244 g/mol. The van der Waals surface area contributed by atoms with E-state index in [0.29, 0.717) is 18.6 Å². The van der Waals surface area contributed by atoms with Crippen molar-refractivity contribution in [2.45, 2.75) is 72.7 Å². The first-order valence-electron chi connectivity index (χ1n) is 6.26. The largest absolute Gasteiger partial charge is 0.414 e. The third-order valence-corrected chi connectivity index (χ3v) is 3.40. The van der Waals surface area contributed by atoms with Crippen LogP contribution in [0.1, 0.15) is 47.0 Å². The third kappa shape index (κ3) is 7.18. The number of rotatable bonds is 6. The molecule has 0 aliphatic heterocycles. The topological polar surface area (TPSA) is 26.3 Å². The molecule has 2 nitrogen and oxygen atoms in total. The molecule has 0 fully saturated rings. The molecule has 0 rings (SSSR count). The molecule has 0 aromatic rings. The molecule has 0 spiro atoms. The maximum atomic E-state index is 11.7. The minimum absolute atomic E-state index is 0.0453. The van der Waals surface area contributed by atoms with Crippen LogP contribution < -0.4 is 0 Å². The summed E-state index contributed by atoms with van der Waals surface area (Å²) in [5.74, 6) is 0.334. The molecule has 0 bridgehead atoms. The van der Waals surface area contributed by atoms with Gasteiger partial charge in [0.15, 0.2) is 8.32 Å². The summed E-state index contributed by atoms with van der Waals surface area (Å²) in [5.41, 5.74) is 0.0453. The van der Waals surface area contributed by atoms with E-state index in [4.69, 9.17) is 4.43 Å². The highest BCUT2D eigenvalue weighted by Crippen LogP contribution is 2.28. The second kappa shape index (κ2) is 5.96. The fourth-order valence-electron chi connectivity index (χ4n) is 1.54. The first-order valence-corrected chi connectivity index (χ1v) is 9.66. The van der Waals surface area contributed by atoms with Crippen molar-refractivity contribution in [1.29, 1.82) is 0 Å². The van der Waals surface area contributed by atoms with Crippen LogP contribution in [0.5, 0.6) is 0 Å². The summed E-state index contributed by atoms with van der Waals surface area (Å²) in [5, 5.41) is 0. The van der Waals surface area contributed by atoms with Crippen LogP contribution in [0.3, 0.4) is 0 Å². The van der Waals surface area contributed by atoms with Gasteiger partial charge >= 0.3 is 0 Å². The Morgan fingerprint density at radius 3 is 2.06 bits per heavy atom. The van der Waals surface area contributed by atoms with Gasteiger partial charge < -0.3 is 4.43 Å². The molecular formula is C13H28O2Si. The minimum atomic E-state index is -1.57. The SMILES string of the molecule is CCCC(=O)CC(O[Si](C)(C)C)C(C)(C)C. The van der Waals surface area contributed by atoms with Crippen LogP contribution in [-0.2, 0) is 9.22 Å². The molecule has 0 aromatic carbocycles. The lowest BCUT2D eigenvalue weighted by Crippen LogP contribution is -2.40. The minimum Gasteiger partial charge on any atom is -0.414 e. The number of carbonyl (C=O) groups is 1. The van der Waals surface area contributed by atoms with Gasteiger partial charge in [0.2, 0.25) is 0 Å². The van der Waals surface area contributed by atoms with E-state index in [9.17, 15) is 4.79 Å². The summed E-state index contributed by atoms with van der Waals surface area (Å²) in [6.45, 7) is 15.0. The van der Waals surface area contributed by atoms with Crippen LogP contribution in [0.2, 0.25) is 19.6 Å². The normalized spacial score (nSPS) is 14.9. The predicted octanol–water partition coefficient (Wildman–Crippen LogP) is 4.01. The fourth-order valence-corrected chi connectivity index (χ4v) is 2.83. The molecule has 1 unspecified atom stereocenters. The molecule has 0 heterocycles. The molecule has 0 aliphatic rings. The molecule has 3 heteroatoms. The van der Waals surface area contributed by atoms with Crippen LogP contribution in [0, 0.1) is 5.41 Å². The maximum Gasteiger partial charge on any atom is 0.184 e. The van der Waals surface area contributed by atoms with Crippen molar-refractivity contribution in [1.82, 2.24) is 0 Å². The maximum absolute atomic E-state index is 11.7. The lowest BCUT2D eigenvalue weighted by molar-refractivity contribution is -0.122. The lowest BCUT2D eigenvalue weighted by atomic mass is 9.86. The third-order valence-electron chi connectivity index (χ3n) is 2.40. The Balaban J connectivity index is 4.52. The van der Waals surface area contributed by atoms with E-state index in [2.05, 4.69) is 40.4 Å². The Kier molecular flexibility index (Phi) is 5.91. The summed E-state index contributed by atoms with van der Waals surface area (Å²) < 4.78 is 6.14. The van der Waals surface area contributed by atoms with Gasteiger partial charge in [-0.15, -0.1) is 0 Å². The highest BCUT2D eigenvalue weighted by Gasteiger charge is 2.31. The number of ketones is 1. The lowest BCUT2D eigenvalue weighted by Gasteiger charge is -2.35. The number of carbonyl (C=O) groups excluding carboxylic acids is 1. The van der Waals surface area contributed by atoms with E-state index in [-0.39, 0.29) is 11.5 Å². The Labute approximate surface area is 102 Å². The van der Waals surface area contributed by atoms with Gasteiger partial charge in [-0.1, -0.05) is 27.7 Å². The summed E-state index contributed by atoms with van der Waals surface area (Å²) in [4.78, 5) is 11.7. The average Bonchev–Trinajstić information content (AvgIpc) is 1.98. The van der Waals surface area contributed by atoms with Crippen molar-refractivity contribution < 1.29 is 9.22 Å². The molecule has 0 amide bonds. The highest BCUT2D eigenvalue weighted by molar-refractivity contribution is 6.69. The highest BCUT2D eigenvalue weighted by atomic mass is 28.4. The van der Waals surface area contributed by atoms with Crippen LogP contribution in [0.25, 0.3) is 0 Å². The number of hydrogen-bond acceptors (Lipinski definition) is 2. The molecule has 0 aliphatic carbocycles. The van der Waals surface area contributed by atoms with Gasteiger partial charge in [-0.2, -0.15) is 0 Å². The van der Waals surface area contributed by atoms with Gasteiger partial charge in [0.05, 0.1) is 6.10 Å². The summed E-state index contributed by atoms with van der Waals surface area (Å²) in [6.07, 6.45) is 2.25. The first-order chi connectivity index (χ1) is 7.06. The second-order valence-electron chi connectivity index (χ2n) is 6.58. The second-order valence-corrected chi connectivity index (χ2v) is 11.0. The van der Waals surface area contributed by atoms with E-state index in [1.54, 1.807) is 0 Å². The zero-order chi connectivity index (χ0) is 13.0. The van der Waals surface area contributed by atoms with Crippen molar-refractivity contribution >= 4 is 14.1 Å². The van der Waals surface area contributed by atoms with Crippen molar-refractivity contribution in [3.8, 4) is 0 Å². The number of Topliss-reactive ketones (excluding diaryl/α,β-unsaturated/α-hetero) is 1. The molecule has 96 valence electrons. The summed E-state index contributed by atoms with van der Waals surface area (Å²) in [7, 11) is -1.57. The van der Waals surface area contributed by atoms with Crippen LogP contribution >= 0.6 is 0 Å². The smallest absolute Gasteiger partial charge is 0.184 e. The first kappa shape index (κ1) is 15.8. The van der Waals surface area contributed by atoms with E-state index in [0.717, 1.165) is 6.42 Å². The molecule has 0 N–H and O–H groups in total. The molecule has 0 radical (unpaired) electrons. The molecule has 0 aromatic heterocycles. The molecule has 0 saturated carbocycles. The van der Waals surface area contributed by atoms with E-state index in [1.165, 1.54) is 0 Å². The number of hydrogen-bond donors (Lipinski definition) is 0. The van der Waals surface area contributed by atoms with Crippen LogP contribution in [-0.4, -0.2) is 20.2 Å². The van der Waals surface area contributed by atoms with Gasteiger partial charge in [-0.05, 0) is 31.5 Å². The zero-order valence-corrected chi connectivity index (χ0v) is 13.0. The van der Waals surface area contributed by atoms with Gasteiger partial charge in [0, 0.05) is 12.8 Å².